The number of benzene rings is 2. The summed E-state index contributed by atoms with van der Waals surface area (Å²) >= 11 is 0. The molecular weight excluding hydrogens is 432 g/mol. The Bertz CT molecular complexity index is 1180. The van der Waals surface area contributed by atoms with Gasteiger partial charge in [-0.25, -0.2) is 4.68 Å². The number of carbonyl (C=O) groups is 1. The fraction of sp³-hybridized carbons (Fsp3) is 0.346. The van der Waals surface area contributed by atoms with Gasteiger partial charge in [0.25, 0.3) is 5.56 Å². The van der Waals surface area contributed by atoms with Crippen molar-refractivity contribution in [3.8, 4) is 22.8 Å². The Morgan fingerprint density at radius 2 is 1.71 bits per heavy atom. The molecule has 1 unspecified atom stereocenters. The van der Waals surface area contributed by atoms with Crippen LogP contribution in [0.2, 0.25) is 0 Å². The van der Waals surface area contributed by atoms with Crippen LogP contribution in [0, 0.1) is 0 Å². The molecule has 1 aliphatic rings. The molecule has 2 heterocycles. The lowest BCUT2D eigenvalue weighted by atomic mass is 10.1. The fourth-order valence-electron chi connectivity index (χ4n) is 4.17. The maximum atomic E-state index is 13.2. The second kappa shape index (κ2) is 10.4. The predicted molar refractivity (Wildman–Crippen MR) is 132 cm³/mol. The number of hydrogen-bond acceptors (Lipinski definition) is 6. The molecule has 4 rings (SSSR count). The number of para-hydroxylation sites is 2. The number of carbonyl (C=O) groups excluding carboxylic acids is 1. The van der Waals surface area contributed by atoms with E-state index in [0.717, 1.165) is 22.7 Å². The molecule has 0 N–H and O–H groups in total. The molecule has 2 aromatic carbocycles. The molecule has 0 saturated carbocycles. The van der Waals surface area contributed by atoms with Crippen LogP contribution in [0.1, 0.15) is 19.9 Å². The largest absolute Gasteiger partial charge is 0.495 e. The summed E-state index contributed by atoms with van der Waals surface area (Å²) in [5, 5.41) is 4.51. The van der Waals surface area contributed by atoms with Crippen LogP contribution in [0.4, 0.5) is 5.69 Å². The van der Waals surface area contributed by atoms with Gasteiger partial charge in [-0.3, -0.25) is 9.59 Å². The van der Waals surface area contributed by atoms with Gasteiger partial charge in [-0.05, 0) is 56.3 Å². The molecule has 0 spiro atoms. The highest BCUT2D eigenvalue weighted by molar-refractivity contribution is 5.80. The molecule has 1 fully saturated rings. The number of ether oxygens (including phenoxy) is 2. The van der Waals surface area contributed by atoms with Crippen LogP contribution in [0.5, 0.6) is 11.5 Å². The smallest absolute Gasteiger partial charge is 0.267 e. The minimum atomic E-state index is -0.701. The van der Waals surface area contributed by atoms with Crippen LogP contribution in [0.3, 0.4) is 0 Å². The number of amides is 1. The maximum Gasteiger partial charge on any atom is 0.267 e. The standard InChI is InChI=1S/C26H30N4O4/c1-4-34-21-11-9-20(10-12-21)22-13-14-25(31)30(27-22)19(2)26(32)29-17-15-28(16-18-29)23-7-5-6-8-24(23)33-3/h5-14,19H,4,15-18H2,1-3H3. The maximum absolute atomic E-state index is 13.2. The third-order valence-electron chi connectivity index (χ3n) is 6.03. The molecule has 1 aromatic heterocycles. The van der Waals surface area contributed by atoms with Gasteiger partial charge >= 0.3 is 0 Å². The highest BCUT2D eigenvalue weighted by Gasteiger charge is 2.28. The molecule has 34 heavy (non-hydrogen) atoms. The first-order chi connectivity index (χ1) is 16.5. The highest BCUT2D eigenvalue weighted by Crippen LogP contribution is 2.28. The van der Waals surface area contributed by atoms with Gasteiger partial charge in [0.05, 0.1) is 25.1 Å². The van der Waals surface area contributed by atoms with E-state index in [1.165, 1.54) is 10.7 Å². The first-order valence-electron chi connectivity index (χ1n) is 11.5. The molecule has 1 atom stereocenters. The van der Waals surface area contributed by atoms with Crippen molar-refractivity contribution < 1.29 is 14.3 Å². The average Bonchev–Trinajstić information content (AvgIpc) is 2.89. The van der Waals surface area contributed by atoms with Crippen molar-refractivity contribution in [1.29, 1.82) is 0 Å². The van der Waals surface area contributed by atoms with E-state index >= 15 is 0 Å². The third kappa shape index (κ3) is 4.90. The highest BCUT2D eigenvalue weighted by atomic mass is 16.5. The van der Waals surface area contributed by atoms with E-state index in [0.29, 0.717) is 38.5 Å². The third-order valence-corrected chi connectivity index (χ3v) is 6.03. The Balaban J connectivity index is 1.46. The Kier molecular flexibility index (Phi) is 7.15. The normalized spacial score (nSPS) is 14.6. The second-order valence-corrected chi connectivity index (χ2v) is 8.12. The number of rotatable bonds is 7. The molecule has 0 radical (unpaired) electrons. The van der Waals surface area contributed by atoms with Gasteiger partial charge in [0.2, 0.25) is 5.91 Å². The quantitative estimate of drug-likeness (QED) is 0.537. The molecule has 178 valence electrons. The lowest BCUT2D eigenvalue weighted by molar-refractivity contribution is -0.135. The molecule has 1 amide bonds. The molecule has 1 aliphatic heterocycles. The van der Waals surface area contributed by atoms with E-state index in [1.54, 1.807) is 25.0 Å². The zero-order valence-electron chi connectivity index (χ0n) is 19.8. The molecule has 8 heteroatoms. The summed E-state index contributed by atoms with van der Waals surface area (Å²) in [4.78, 5) is 29.8. The summed E-state index contributed by atoms with van der Waals surface area (Å²) in [5.74, 6) is 1.48. The van der Waals surface area contributed by atoms with Gasteiger partial charge in [-0.15, -0.1) is 0 Å². The molecular formula is C26H30N4O4. The summed E-state index contributed by atoms with van der Waals surface area (Å²) in [6.07, 6.45) is 0. The van der Waals surface area contributed by atoms with E-state index in [1.807, 2.05) is 55.5 Å². The topological polar surface area (TPSA) is 76.9 Å². The van der Waals surface area contributed by atoms with Crippen molar-refractivity contribution in [2.75, 3.05) is 44.8 Å². The molecule has 3 aromatic rings. The Morgan fingerprint density at radius 3 is 2.38 bits per heavy atom. The van der Waals surface area contributed by atoms with Crippen molar-refractivity contribution in [1.82, 2.24) is 14.7 Å². The van der Waals surface area contributed by atoms with Gasteiger partial charge in [0.1, 0.15) is 17.5 Å². The lowest BCUT2D eigenvalue weighted by Crippen LogP contribution is -2.51. The van der Waals surface area contributed by atoms with Gasteiger partial charge in [-0.1, -0.05) is 12.1 Å². The molecule has 1 saturated heterocycles. The van der Waals surface area contributed by atoms with Crippen LogP contribution in [-0.4, -0.2) is 60.5 Å². The van der Waals surface area contributed by atoms with Crippen molar-refractivity contribution in [3.05, 3.63) is 71.0 Å². The summed E-state index contributed by atoms with van der Waals surface area (Å²) in [6, 6.07) is 17.8. The minimum Gasteiger partial charge on any atom is -0.495 e. The van der Waals surface area contributed by atoms with E-state index < -0.39 is 6.04 Å². The SMILES string of the molecule is CCOc1ccc(-c2ccc(=O)n(C(C)C(=O)N3CCN(c4ccccc4OC)CC3)n2)cc1. The minimum absolute atomic E-state index is 0.113. The van der Waals surface area contributed by atoms with Crippen LogP contribution in [-0.2, 0) is 4.79 Å². The Hall–Kier alpha value is -3.81. The zero-order chi connectivity index (χ0) is 24.1. The number of hydrogen-bond donors (Lipinski definition) is 0. The Labute approximate surface area is 199 Å². The number of nitrogens with zero attached hydrogens (tertiary/aromatic N) is 4. The summed E-state index contributed by atoms with van der Waals surface area (Å²) in [5.41, 5.74) is 2.19. The number of aromatic nitrogens is 2. The van der Waals surface area contributed by atoms with E-state index in [-0.39, 0.29) is 11.5 Å². The van der Waals surface area contributed by atoms with Crippen molar-refractivity contribution >= 4 is 11.6 Å². The zero-order valence-corrected chi connectivity index (χ0v) is 19.8. The van der Waals surface area contributed by atoms with Crippen LogP contribution in [0.25, 0.3) is 11.3 Å². The van der Waals surface area contributed by atoms with Crippen LogP contribution >= 0.6 is 0 Å². The van der Waals surface area contributed by atoms with E-state index in [4.69, 9.17) is 9.47 Å². The van der Waals surface area contributed by atoms with Gasteiger partial charge in [0, 0.05) is 37.8 Å². The van der Waals surface area contributed by atoms with E-state index in [2.05, 4.69) is 10.00 Å². The summed E-state index contributed by atoms with van der Waals surface area (Å²) in [6.45, 7) is 6.76. The first kappa shape index (κ1) is 23.4. The summed E-state index contributed by atoms with van der Waals surface area (Å²) in [7, 11) is 1.66. The van der Waals surface area contributed by atoms with E-state index in [9.17, 15) is 9.59 Å². The predicted octanol–water partition coefficient (Wildman–Crippen LogP) is 3.23. The second-order valence-electron chi connectivity index (χ2n) is 8.12. The Morgan fingerprint density at radius 1 is 1.00 bits per heavy atom. The average molecular weight is 463 g/mol. The molecule has 0 bridgehead atoms. The first-order valence-corrected chi connectivity index (χ1v) is 11.5. The molecule has 0 aliphatic carbocycles. The number of anilines is 1. The van der Waals surface area contributed by atoms with Crippen molar-refractivity contribution in [2.24, 2.45) is 0 Å². The van der Waals surface area contributed by atoms with Crippen molar-refractivity contribution in [2.45, 2.75) is 19.9 Å². The van der Waals surface area contributed by atoms with Gasteiger partial charge < -0.3 is 19.3 Å². The molecule has 8 nitrogen and oxygen atoms in total. The van der Waals surface area contributed by atoms with Crippen LogP contribution < -0.4 is 19.9 Å². The van der Waals surface area contributed by atoms with Gasteiger partial charge in [-0.2, -0.15) is 5.10 Å². The van der Waals surface area contributed by atoms with Gasteiger partial charge in [0.15, 0.2) is 0 Å². The van der Waals surface area contributed by atoms with Crippen molar-refractivity contribution in [3.63, 3.8) is 0 Å². The summed E-state index contributed by atoms with van der Waals surface area (Å²) < 4.78 is 12.2. The number of piperazine rings is 1. The lowest BCUT2D eigenvalue weighted by Gasteiger charge is -2.37. The van der Waals surface area contributed by atoms with Crippen LogP contribution in [0.15, 0.2) is 65.5 Å². The fourth-order valence-corrected chi connectivity index (χ4v) is 4.17. The monoisotopic (exact) mass is 462 g/mol. The number of methoxy groups -OCH3 is 1.